The lowest BCUT2D eigenvalue weighted by atomic mass is 10.0. The minimum Gasteiger partial charge on any atom is -0.480 e. The molecule has 1 N–H and O–H groups in total. The Bertz CT molecular complexity index is 597. The summed E-state index contributed by atoms with van der Waals surface area (Å²) in [6.07, 6.45) is 2.30. The van der Waals surface area contributed by atoms with Gasteiger partial charge in [0.1, 0.15) is 6.04 Å². The predicted molar refractivity (Wildman–Crippen MR) is 79.5 cm³/mol. The number of carboxylic acid groups (broad SMARTS) is 1. The molecule has 1 atom stereocenters. The van der Waals surface area contributed by atoms with Crippen molar-refractivity contribution in [2.24, 2.45) is 0 Å². The van der Waals surface area contributed by atoms with Crippen molar-refractivity contribution < 1.29 is 14.7 Å². The minimum absolute atomic E-state index is 0.185. The monoisotopic (exact) mass is 288 g/mol. The van der Waals surface area contributed by atoms with Gasteiger partial charge in [-0.2, -0.15) is 0 Å². The van der Waals surface area contributed by atoms with Crippen LogP contribution in [0.2, 0.25) is 0 Å². The maximum Gasteiger partial charge on any atom is 0.327 e. The highest BCUT2D eigenvalue weighted by Gasteiger charge is 2.44. The molecule has 5 nitrogen and oxygen atoms in total. The number of aliphatic carboxylic acids is 1. The number of hydrogen-bond acceptors (Lipinski definition) is 2. The molecule has 0 bridgehead atoms. The van der Waals surface area contributed by atoms with Gasteiger partial charge in [0.25, 0.3) is 0 Å². The van der Waals surface area contributed by atoms with Crippen LogP contribution < -0.4 is 4.90 Å². The second kappa shape index (κ2) is 4.76. The van der Waals surface area contributed by atoms with Gasteiger partial charge in [-0.15, -0.1) is 0 Å². The van der Waals surface area contributed by atoms with E-state index >= 15 is 0 Å². The number of hydrogen-bond donors (Lipinski definition) is 1. The highest BCUT2D eigenvalue weighted by molar-refractivity contribution is 6.01. The first-order chi connectivity index (χ1) is 9.92. The molecule has 0 unspecified atom stereocenters. The molecule has 1 aromatic carbocycles. The van der Waals surface area contributed by atoms with E-state index in [0.717, 1.165) is 24.1 Å². The Morgan fingerprint density at radius 1 is 1.29 bits per heavy atom. The van der Waals surface area contributed by atoms with E-state index < -0.39 is 12.0 Å². The maximum absolute atomic E-state index is 12.9. The Morgan fingerprint density at radius 2 is 2.00 bits per heavy atom. The van der Waals surface area contributed by atoms with Gasteiger partial charge in [0.05, 0.1) is 0 Å². The van der Waals surface area contributed by atoms with Gasteiger partial charge in [0.15, 0.2) is 0 Å². The third-order valence-electron chi connectivity index (χ3n) is 4.60. The Morgan fingerprint density at radius 3 is 2.62 bits per heavy atom. The summed E-state index contributed by atoms with van der Waals surface area (Å²) in [5, 5.41) is 9.47. The molecule has 0 aromatic heterocycles. The van der Waals surface area contributed by atoms with Crippen LogP contribution in [0.3, 0.4) is 0 Å². The van der Waals surface area contributed by atoms with E-state index in [1.54, 1.807) is 0 Å². The standard InChI is InChI=1S/C16H20N2O3/c1-16(2)8-5-9-17(16)15(21)18-12-7-4-3-6-11(12)10-13(18)14(19)20/h3-4,6-7,13H,5,8-10H2,1-2H3,(H,19,20)/t13-/m0/s1. The van der Waals surface area contributed by atoms with E-state index in [4.69, 9.17) is 0 Å². The van der Waals surface area contributed by atoms with Crippen LogP contribution in [0.1, 0.15) is 32.3 Å². The molecule has 2 aliphatic heterocycles. The van der Waals surface area contributed by atoms with Crippen molar-refractivity contribution >= 4 is 17.7 Å². The average molecular weight is 288 g/mol. The normalized spacial score (nSPS) is 23.2. The molecule has 0 spiro atoms. The molecule has 2 heterocycles. The first-order valence-corrected chi connectivity index (χ1v) is 7.33. The van der Waals surface area contributed by atoms with E-state index in [0.29, 0.717) is 13.0 Å². The number of benzene rings is 1. The molecule has 2 amide bonds. The second-order valence-electron chi connectivity index (χ2n) is 6.41. The van der Waals surface area contributed by atoms with E-state index in [1.807, 2.05) is 43.0 Å². The van der Waals surface area contributed by atoms with Crippen molar-refractivity contribution in [1.29, 1.82) is 0 Å². The Kier molecular flexibility index (Phi) is 3.15. The van der Waals surface area contributed by atoms with Gasteiger partial charge < -0.3 is 10.0 Å². The number of para-hydroxylation sites is 1. The number of carbonyl (C=O) groups excluding carboxylic acids is 1. The van der Waals surface area contributed by atoms with Crippen LogP contribution in [0.5, 0.6) is 0 Å². The van der Waals surface area contributed by atoms with Crippen molar-refractivity contribution in [3.63, 3.8) is 0 Å². The second-order valence-corrected chi connectivity index (χ2v) is 6.41. The van der Waals surface area contributed by atoms with Crippen molar-refractivity contribution in [1.82, 2.24) is 4.90 Å². The van der Waals surface area contributed by atoms with E-state index in [9.17, 15) is 14.7 Å². The topological polar surface area (TPSA) is 60.9 Å². The molecular weight excluding hydrogens is 268 g/mol. The summed E-state index contributed by atoms with van der Waals surface area (Å²) in [6, 6.07) is 6.47. The SMILES string of the molecule is CC1(C)CCCN1C(=O)N1c2ccccc2C[C@H]1C(=O)O. The molecular formula is C16H20N2O3. The number of carboxylic acids is 1. The minimum atomic E-state index is -0.948. The van der Waals surface area contributed by atoms with Gasteiger partial charge in [-0.05, 0) is 38.3 Å². The quantitative estimate of drug-likeness (QED) is 0.863. The fourth-order valence-corrected chi connectivity index (χ4v) is 3.41. The molecule has 0 radical (unpaired) electrons. The molecule has 0 saturated carbocycles. The molecule has 1 saturated heterocycles. The molecule has 21 heavy (non-hydrogen) atoms. The van der Waals surface area contributed by atoms with Gasteiger partial charge in [0.2, 0.25) is 0 Å². The highest BCUT2D eigenvalue weighted by Crippen LogP contribution is 2.36. The van der Waals surface area contributed by atoms with Gasteiger partial charge in [-0.3, -0.25) is 4.90 Å². The van der Waals surface area contributed by atoms with E-state index in [-0.39, 0.29) is 11.6 Å². The van der Waals surface area contributed by atoms with E-state index in [1.165, 1.54) is 4.90 Å². The van der Waals surface area contributed by atoms with Gasteiger partial charge in [-0.25, -0.2) is 9.59 Å². The molecule has 5 heteroatoms. The van der Waals surface area contributed by atoms with Crippen molar-refractivity contribution in [2.45, 2.75) is 44.7 Å². The number of anilines is 1. The number of amides is 2. The smallest absolute Gasteiger partial charge is 0.327 e. The maximum atomic E-state index is 12.9. The van der Waals surface area contributed by atoms with Crippen LogP contribution in [0.25, 0.3) is 0 Å². The van der Waals surface area contributed by atoms with Crippen molar-refractivity contribution in [3.05, 3.63) is 29.8 Å². The van der Waals surface area contributed by atoms with Crippen LogP contribution >= 0.6 is 0 Å². The van der Waals surface area contributed by atoms with Crippen LogP contribution in [0.15, 0.2) is 24.3 Å². The Labute approximate surface area is 124 Å². The van der Waals surface area contributed by atoms with Gasteiger partial charge in [0, 0.05) is 24.2 Å². The number of fused-ring (bicyclic) bond motifs is 1. The number of urea groups is 1. The summed E-state index contributed by atoms with van der Waals surface area (Å²) in [7, 11) is 0. The number of carbonyl (C=O) groups is 2. The Balaban J connectivity index is 1.98. The third-order valence-corrected chi connectivity index (χ3v) is 4.60. The van der Waals surface area contributed by atoms with Crippen LogP contribution in [0, 0.1) is 0 Å². The molecule has 1 fully saturated rings. The summed E-state index contributed by atoms with van der Waals surface area (Å²) >= 11 is 0. The lowest BCUT2D eigenvalue weighted by Gasteiger charge is -2.36. The van der Waals surface area contributed by atoms with Gasteiger partial charge in [-0.1, -0.05) is 18.2 Å². The zero-order valence-electron chi connectivity index (χ0n) is 12.4. The third kappa shape index (κ3) is 2.17. The lowest BCUT2D eigenvalue weighted by Crippen LogP contribution is -2.53. The fraction of sp³-hybridized carbons (Fsp3) is 0.500. The van der Waals surface area contributed by atoms with Crippen LogP contribution in [0.4, 0.5) is 10.5 Å². The summed E-state index contributed by atoms with van der Waals surface area (Å²) in [5.74, 6) is -0.948. The summed E-state index contributed by atoms with van der Waals surface area (Å²) < 4.78 is 0. The van der Waals surface area contributed by atoms with Crippen LogP contribution in [-0.4, -0.2) is 40.1 Å². The number of rotatable bonds is 1. The van der Waals surface area contributed by atoms with Crippen LogP contribution in [-0.2, 0) is 11.2 Å². The zero-order chi connectivity index (χ0) is 15.2. The highest BCUT2D eigenvalue weighted by atomic mass is 16.4. The van der Waals surface area contributed by atoms with Gasteiger partial charge >= 0.3 is 12.0 Å². The molecule has 0 aliphatic carbocycles. The molecule has 1 aromatic rings. The molecule has 2 aliphatic rings. The molecule has 112 valence electrons. The Hall–Kier alpha value is -2.04. The number of likely N-dealkylation sites (tertiary alicyclic amines) is 1. The fourth-order valence-electron chi connectivity index (χ4n) is 3.41. The summed E-state index contributed by atoms with van der Waals surface area (Å²) in [4.78, 5) is 27.8. The summed E-state index contributed by atoms with van der Waals surface area (Å²) in [6.45, 7) is 4.77. The lowest BCUT2D eigenvalue weighted by molar-refractivity contribution is -0.138. The van der Waals surface area contributed by atoms with Crippen molar-refractivity contribution in [2.75, 3.05) is 11.4 Å². The molecule has 3 rings (SSSR count). The average Bonchev–Trinajstić information content (AvgIpc) is 2.98. The number of nitrogens with zero attached hydrogens (tertiary/aromatic N) is 2. The first kappa shape index (κ1) is 13.9. The van der Waals surface area contributed by atoms with E-state index in [2.05, 4.69) is 0 Å². The largest absolute Gasteiger partial charge is 0.480 e. The van der Waals surface area contributed by atoms with Crippen molar-refractivity contribution in [3.8, 4) is 0 Å². The zero-order valence-corrected chi connectivity index (χ0v) is 12.4. The summed E-state index contributed by atoms with van der Waals surface area (Å²) in [5.41, 5.74) is 1.45. The first-order valence-electron chi connectivity index (χ1n) is 7.33. The predicted octanol–water partition coefficient (Wildman–Crippen LogP) is 2.50.